The van der Waals surface area contributed by atoms with E-state index in [1.54, 1.807) is 0 Å². The summed E-state index contributed by atoms with van der Waals surface area (Å²) in [7, 11) is 0. The van der Waals surface area contributed by atoms with Crippen LogP contribution in [-0.2, 0) is 85.7 Å². The summed E-state index contributed by atoms with van der Waals surface area (Å²) < 4.78 is 69.6. The second-order valence-corrected chi connectivity index (χ2v) is 21.6. The van der Waals surface area contributed by atoms with Gasteiger partial charge in [-0.25, -0.2) is 11.4 Å². The zero-order valence-electron chi connectivity index (χ0n) is 48.6. The topological polar surface area (TPSA) is 487 Å². The van der Waals surface area contributed by atoms with Crippen molar-refractivity contribution >= 4 is 28.0 Å². The summed E-state index contributed by atoms with van der Waals surface area (Å²) in [6.07, 6.45) is -7.17. The number of alkyl halides is 1. The van der Waals surface area contributed by atoms with Crippen molar-refractivity contribution in [3.63, 3.8) is 0 Å². The molecular weight excluding hydrogens is 1260 g/mol. The molecule has 0 aromatic carbocycles. The summed E-state index contributed by atoms with van der Waals surface area (Å²) in [5.41, 5.74) is 9.76. The monoisotopic (exact) mass is 1340 g/mol. The molecule has 86 heavy (non-hydrogen) atoms. The number of nitrogens with zero attached hydrogens (tertiary/aromatic N) is 5. The number of nitrogens with one attached hydrogen (secondary N) is 2. The first-order chi connectivity index (χ1) is 40.1. The van der Waals surface area contributed by atoms with Crippen molar-refractivity contribution in [2.75, 3.05) is 97.6 Å². The van der Waals surface area contributed by atoms with Crippen LogP contribution in [0.2, 0.25) is 0 Å². The van der Waals surface area contributed by atoms with Gasteiger partial charge < -0.3 is 113 Å². The molecule has 0 unspecified atom stereocenters. The Kier molecular flexibility index (Phi) is 35.9. The second kappa shape index (κ2) is 39.7. The van der Waals surface area contributed by atoms with Gasteiger partial charge in [-0.05, 0) is 48.0 Å². The van der Waals surface area contributed by atoms with Gasteiger partial charge in [-0.15, -0.1) is 40.5 Å². The van der Waals surface area contributed by atoms with Crippen LogP contribution in [0.25, 0.3) is 5.01 Å². The molecule has 0 saturated carbocycles. The normalized spacial score (nSPS) is 30.2. The fourth-order valence-corrected chi connectivity index (χ4v) is 9.11. The number of carbonyl (C=O) groups excluding carboxylic acids is 2. The molecular formula is C46H77BrKN9O29. The molecule has 8 heterocycles. The number of nitrogens with two attached hydrogens (primary N) is 2. The van der Waals surface area contributed by atoms with Crippen molar-refractivity contribution in [2.45, 2.75) is 163 Å². The number of carbonyl (C=O) groups is 2. The van der Waals surface area contributed by atoms with Crippen LogP contribution in [0.3, 0.4) is 0 Å². The molecule has 1 amide bonds. The van der Waals surface area contributed by atoms with Gasteiger partial charge in [0.1, 0.15) is 84.4 Å². The average Bonchev–Trinajstić information content (AvgIpc) is 3.37. The molecule has 0 spiro atoms. The zero-order chi connectivity index (χ0) is 63.4. The molecule has 8 rings (SSSR count). The van der Waals surface area contributed by atoms with E-state index in [-0.39, 0.29) is 140 Å². The first-order valence-electron chi connectivity index (χ1n) is 26.4. The minimum absolute atomic E-state index is 0. The van der Waals surface area contributed by atoms with E-state index in [9.17, 15) is 55.2 Å². The van der Waals surface area contributed by atoms with Gasteiger partial charge in [-0.3, -0.25) is 9.80 Å². The molecule has 7 N–H and O–H groups in total. The van der Waals surface area contributed by atoms with E-state index >= 15 is 0 Å². The Labute approximate surface area is 544 Å². The Morgan fingerprint density at radius 3 is 1.27 bits per heavy atom. The molecule has 0 aromatic rings. The maximum atomic E-state index is 11.6. The molecule has 8 aliphatic heterocycles. The number of alkyl carbamates (subject to hydrolysis) is 1. The smallest absolute Gasteiger partial charge is 0.539 e. The first-order valence-corrected chi connectivity index (χ1v) is 27.6. The van der Waals surface area contributed by atoms with E-state index in [1.165, 1.54) is 5.01 Å². The minimum atomic E-state index is -0.871. The van der Waals surface area contributed by atoms with E-state index in [4.69, 9.17) is 84.8 Å². The third-order valence-electron chi connectivity index (χ3n) is 12.0. The Hall–Kier alpha value is -4.23. The van der Waals surface area contributed by atoms with E-state index in [0.29, 0.717) is 71.5 Å². The standard InChI is InChI=1S/C14H23NO8.C10H17N3O6.C8H14N2O6.C7H14BrNO2.C6H9NO6.CNO.K/c1-14(2,3)22-11(16)5-4-6-19-9-7-20-13-10(23-15(17)18)8-21-12(9)13;1-6(11)12-2-3-16-7-4-17-10-8(19-13(14)15)5-18-9(7)10;9-1-2-13-5-3-14-8-6(16-10(11)12)4-15-7(5)8;1-7(2,3)11-6(10)9-5-4-8;8-3-1-11-6-4(13-7(9)10)2-12-5(3)6;1-2-3;/h9-10,12-13H,4-8H2,1-3H3;7-10,12H,1-5,11H2;5-8H,1-4,9H2;4-5H2,1-3H3,(H,9,10);3-6,8H,1-2H2;;/q;;;;;-1;+1/t9-,10+,12-,13-;7-,8+,9-,10-;5-,6+,7-,8-;;3-,4+,5-,6-;;/m111.1../s1. The van der Waals surface area contributed by atoms with Crippen molar-refractivity contribution in [2.24, 2.45) is 11.5 Å². The SMILES string of the molecule is C=C(N)NCCO[C@@H]1CO[C@H]2[C@@H]1OC[C@@H]2O[N+](=O)[O-].CC(C)(C)OC(=O)CCCO[C@@H]1CO[C@H]2[C@@H]1OC[C@@H]2O[N+](=O)[O-].CC(C)(C)OC(=O)NCCBr.NCCO[C@@H]1CO[C@H]2[C@@H]1OC[C@@H]2O[N+](=O)[O-].O=[N+]([O-])O[C@H]1CO[C@H]2[C@@H]1OC[C@H]2O.[C-]#[N+][O-].[K+]. The predicted molar refractivity (Wildman–Crippen MR) is 284 cm³/mol. The van der Waals surface area contributed by atoms with Crippen LogP contribution in [0.4, 0.5) is 4.79 Å². The van der Waals surface area contributed by atoms with Gasteiger partial charge in [0.05, 0.1) is 71.9 Å². The van der Waals surface area contributed by atoms with Crippen LogP contribution in [0.15, 0.2) is 12.4 Å². The number of hydrogen-bond acceptors (Lipinski definition) is 32. The first kappa shape index (κ1) is 77.9. The molecule has 38 nitrogen and oxygen atoms in total. The van der Waals surface area contributed by atoms with Gasteiger partial charge in [-0.1, -0.05) is 22.5 Å². The summed E-state index contributed by atoms with van der Waals surface area (Å²) >= 11 is 3.19. The number of halogens is 1. The summed E-state index contributed by atoms with van der Waals surface area (Å²) in [6.45, 7) is 24.1. The quantitative estimate of drug-likeness (QED) is 0.0125. The number of rotatable bonds is 23. The van der Waals surface area contributed by atoms with Crippen molar-refractivity contribution in [1.82, 2.24) is 10.6 Å². The van der Waals surface area contributed by atoms with E-state index in [0.717, 1.165) is 5.33 Å². The maximum absolute atomic E-state index is 11.6. The Morgan fingerprint density at radius 2 is 0.919 bits per heavy atom. The molecule has 8 aliphatic rings. The minimum Gasteiger partial charge on any atom is -0.539 e. The molecule has 0 radical (unpaired) electrons. The van der Waals surface area contributed by atoms with Gasteiger partial charge in [0, 0.05) is 38.0 Å². The van der Waals surface area contributed by atoms with Crippen molar-refractivity contribution < 1.29 is 167 Å². The van der Waals surface area contributed by atoms with Gasteiger partial charge in [0.2, 0.25) is 0 Å². The van der Waals surface area contributed by atoms with Crippen LogP contribution in [-0.4, -0.2) is 244 Å². The van der Waals surface area contributed by atoms with Crippen LogP contribution < -0.4 is 73.5 Å². The number of aliphatic hydroxyl groups is 1. The number of amides is 1. The molecule has 0 bridgehead atoms. The van der Waals surface area contributed by atoms with E-state index < -0.39 is 92.6 Å². The van der Waals surface area contributed by atoms with Crippen molar-refractivity contribution in [3.05, 3.63) is 69.6 Å². The van der Waals surface area contributed by atoms with E-state index in [2.05, 4.69) is 52.5 Å². The van der Waals surface area contributed by atoms with Crippen molar-refractivity contribution in [1.29, 1.82) is 0 Å². The van der Waals surface area contributed by atoms with Gasteiger partial charge in [0.15, 0.2) is 24.4 Å². The van der Waals surface area contributed by atoms with Gasteiger partial charge in [-0.2, -0.15) is 0 Å². The Morgan fingerprint density at radius 1 is 0.593 bits per heavy atom. The number of ether oxygens (including phenoxy) is 13. The molecule has 40 heteroatoms. The number of hydrogen-bond donors (Lipinski definition) is 5. The maximum Gasteiger partial charge on any atom is 1.00 e. The molecule has 8 saturated heterocycles. The second-order valence-electron chi connectivity index (χ2n) is 20.8. The fraction of sp³-hybridized carbons (Fsp3) is 0.891. The molecule has 16 atom stereocenters. The van der Waals surface area contributed by atoms with E-state index in [1.807, 2.05) is 41.5 Å². The largest absolute Gasteiger partial charge is 1.00 e. The zero-order valence-corrected chi connectivity index (χ0v) is 53.3. The predicted octanol–water partition coefficient (Wildman–Crippen LogP) is -3.63. The summed E-state index contributed by atoms with van der Waals surface area (Å²) in [4.78, 5) is 81.2. The molecule has 488 valence electrons. The average molecular weight is 1340 g/mol. The summed E-state index contributed by atoms with van der Waals surface area (Å²) in [6, 6.07) is 0. The third-order valence-corrected chi connectivity index (χ3v) is 12.4. The van der Waals surface area contributed by atoms with Gasteiger partial charge >= 0.3 is 63.4 Å². The molecule has 0 aliphatic carbocycles. The fourth-order valence-electron chi connectivity index (χ4n) is 8.91. The van der Waals surface area contributed by atoms with Crippen LogP contribution in [0.1, 0.15) is 54.4 Å². The summed E-state index contributed by atoms with van der Waals surface area (Å²) in [5, 5.41) is 62.8. The van der Waals surface area contributed by atoms with Crippen LogP contribution in [0, 0.1) is 52.2 Å². The molecule has 8 fully saturated rings. The van der Waals surface area contributed by atoms with Gasteiger partial charge in [0.25, 0.3) is 20.3 Å². The van der Waals surface area contributed by atoms with Crippen LogP contribution in [0.5, 0.6) is 0 Å². The number of aliphatic hydroxyl groups excluding tert-OH is 1. The summed E-state index contributed by atoms with van der Waals surface area (Å²) in [5.74, 6) is 0.110. The third kappa shape index (κ3) is 28.5. The number of esters is 1. The number of fused-ring (bicyclic) bond motifs is 4. The molecule has 0 aromatic heterocycles. The Bertz CT molecular complexity index is 2140. The van der Waals surface area contributed by atoms with Crippen molar-refractivity contribution in [3.8, 4) is 0 Å². The Balaban J connectivity index is 0.000000369. The van der Waals surface area contributed by atoms with Crippen LogP contribution >= 0.6 is 15.9 Å².